The van der Waals surface area contributed by atoms with Crippen LogP contribution in [0.2, 0.25) is 0 Å². The molecular formula is C23H39N5O2. The van der Waals surface area contributed by atoms with Gasteiger partial charge in [-0.1, -0.05) is 33.1 Å². The molecule has 1 saturated heterocycles. The third-order valence-electron chi connectivity index (χ3n) is 6.58. The lowest BCUT2D eigenvalue weighted by Gasteiger charge is -2.47. The molecule has 2 amide bonds. The minimum atomic E-state index is -0.0198. The minimum absolute atomic E-state index is 0.00554. The lowest BCUT2D eigenvalue weighted by Crippen LogP contribution is -2.54. The van der Waals surface area contributed by atoms with Crippen LogP contribution in [0.4, 0.5) is 0 Å². The summed E-state index contributed by atoms with van der Waals surface area (Å²) in [6.07, 6.45) is 10.9. The van der Waals surface area contributed by atoms with Crippen LogP contribution >= 0.6 is 0 Å². The van der Waals surface area contributed by atoms with Crippen molar-refractivity contribution in [3.8, 4) is 0 Å². The highest BCUT2D eigenvalue weighted by Gasteiger charge is 2.40. The second kappa shape index (κ2) is 10.4. The van der Waals surface area contributed by atoms with Gasteiger partial charge in [0, 0.05) is 57.4 Å². The molecule has 1 aliphatic heterocycles. The molecule has 1 spiro atoms. The lowest BCUT2D eigenvalue weighted by atomic mass is 9.77. The van der Waals surface area contributed by atoms with Crippen molar-refractivity contribution in [1.82, 2.24) is 24.9 Å². The summed E-state index contributed by atoms with van der Waals surface area (Å²) in [7, 11) is 0. The van der Waals surface area contributed by atoms with E-state index < -0.39 is 0 Å². The van der Waals surface area contributed by atoms with Gasteiger partial charge in [-0.15, -0.1) is 0 Å². The van der Waals surface area contributed by atoms with Crippen LogP contribution in [-0.2, 0) is 11.3 Å². The average Bonchev–Trinajstić information content (AvgIpc) is 3.20. The zero-order chi connectivity index (χ0) is 21.6. The summed E-state index contributed by atoms with van der Waals surface area (Å²) < 4.78 is 1.78. The van der Waals surface area contributed by atoms with Gasteiger partial charge >= 0.3 is 0 Å². The highest BCUT2D eigenvalue weighted by Crippen LogP contribution is 2.37. The molecule has 0 radical (unpaired) electrons. The Morgan fingerprint density at radius 2 is 1.93 bits per heavy atom. The number of aromatic nitrogens is 2. The highest BCUT2D eigenvalue weighted by atomic mass is 16.2. The van der Waals surface area contributed by atoms with E-state index in [2.05, 4.69) is 29.2 Å². The number of hydrogen-bond acceptors (Lipinski definition) is 4. The fourth-order valence-electron chi connectivity index (χ4n) is 5.07. The van der Waals surface area contributed by atoms with Gasteiger partial charge in [-0.2, -0.15) is 5.10 Å². The van der Waals surface area contributed by atoms with Gasteiger partial charge in [-0.05, 0) is 32.1 Å². The Bertz CT molecular complexity index is 708. The number of nitrogens with zero attached hydrogens (tertiary/aromatic N) is 4. The minimum Gasteiger partial charge on any atom is -0.354 e. The number of aryl methyl sites for hydroxylation is 1. The van der Waals surface area contributed by atoms with Crippen molar-refractivity contribution in [2.24, 2.45) is 5.92 Å². The summed E-state index contributed by atoms with van der Waals surface area (Å²) >= 11 is 0. The quantitative estimate of drug-likeness (QED) is 0.818. The second-order valence-electron chi connectivity index (χ2n) is 9.38. The van der Waals surface area contributed by atoms with Gasteiger partial charge in [0.1, 0.15) is 0 Å². The molecule has 1 aromatic rings. The van der Waals surface area contributed by atoms with Crippen molar-refractivity contribution in [3.05, 3.63) is 18.0 Å². The first-order valence-electron chi connectivity index (χ1n) is 11.8. The average molecular weight is 418 g/mol. The van der Waals surface area contributed by atoms with Crippen molar-refractivity contribution in [1.29, 1.82) is 0 Å². The summed E-state index contributed by atoms with van der Waals surface area (Å²) in [6.45, 7) is 11.0. The van der Waals surface area contributed by atoms with Crippen molar-refractivity contribution < 1.29 is 9.59 Å². The van der Waals surface area contributed by atoms with Gasteiger partial charge in [0.05, 0.1) is 11.8 Å². The molecule has 7 heteroatoms. The predicted molar refractivity (Wildman–Crippen MR) is 118 cm³/mol. The van der Waals surface area contributed by atoms with E-state index in [0.717, 1.165) is 38.9 Å². The third kappa shape index (κ3) is 5.62. The topological polar surface area (TPSA) is 70.5 Å². The van der Waals surface area contributed by atoms with E-state index in [1.165, 1.54) is 19.3 Å². The summed E-state index contributed by atoms with van der Waals surface area (Å²) in [6, 6.07) is 0. The van der Waals surface area contributed by atoms with Crippen LogP contribution in [0.3, 0.4) is 0 Å². The largest absolute Gasteiger partial charge is 0.354 e. The van der Waals surface area contributed by atoms with E-state index in [-0.39, 0.29) is 17.4 Å². The molecule has 0 unspecified atom stereocenters. The highest BCUT2D eigenvalue weighted by molar-refractivity contribution is 5.93. The van der Waals surface area contributed by atoms with Gasteiger partial charge in [-0.3, -0.25) is 19.2 Å². The van der Waals surface area contributed by atoms with Gasteiger partial charge < -0.3 is 10.2 Å². The Balaban J connectivity index is 1.76. The number of carbonyl (C=O) groups excluding carboxylic acids is 2. The Hall–Kier alpha value is -1.89. The van der Waals surface area contributed by atoms with E-state index in [1.807, 2.05) is 18.0 Å². The van der Waals surface area contributed by atoms with Crippen LogP contribution < -0.4 is 5.32 Å². The summed E-state index contributed by atoms with van der Waals surface area (Å²) in [4.78, 5) is 30.4. The molecule has 1 N–H and O–H groups in total. The van der Waals surface area contributed by atoms with Crippen LogP contribution in [0.1, 0.15) is 76.1 Å². The van der Waals surface area contributed by atoms with E-state index in [9.17, 15) is 9.59 Å². The number of carbonyl (C=O) groups is 2. The van der Waals surface area contributed by atoms with E-state index >= 15 is 0 Å². The Morgan fingerprint density at radius 3 is 2.60 bits per heavy atom. The molecular weight excluding hydrogens is 378 g/mol. The molecule has 1 aromatic heterocycles. The van der Waals surface area contributed by atoms with Gasteiger partial charge in [0.15, 0.2) is 0 Å². The monoisotopic (exact) mass is 417 g/mol. The lowest BCUT2D eigenvalue weighted by molar-refractivity contribution is -0.125. The van der Waals surface area contributed by atoms with Crippen LogP contribution in [-0.4, -0.2) is 69.7 Å². The van der Waals surface area contributed by atoms with Crippen molar-refractivity contribution in [2.45, 2.75) is 77.8 Å². The Morgan fingerprint density at radius 1 is 1.17 bits per heavy atom. The molecule has 1 saturated carbocycles. The molecule has 0 bridgehead atoms. The number of nitrogens with one attached hydrogen (secondary N) is 1. The predicted octanol–water partition coefficient (Wildman–Crippen LogP) is 2.92. The van der Waals surface area contributed by atoms with Gasteiger partial charge in [0.2, 0.25) is 5.91 Å². The van der Waals surface area contributed by atoms with Gasteiger partial charge in [-0.25, -0.2) is 0 Å². The van der Waals surface area contributed by atoms with Crippen molar-refractivity contribution in [3.63, 3.8) is 0 Å². The van der Waals surface area contributed by atoms with Crippen molar-refractivity contribution >= 4 is 11.8 Å². The molecule has 0 aromatic carbocycles. The molecule has 7 nitrogen and oxygen atoms in total. The summed E-state index contributed by atoms with van der Waals surface area (Å²) in [5.41, 5.74) is 0.606. The van der Waals surface area contributed by atoms with Crippen LogP contribution in [0.5, 0.6) is 0 Å². The Kier molecular flexibility index (Phi) is 7.92. The smallest absolute Gasteiger partial charge is 0.257 e. The normalized spacial score (nSPS) is 21.5. The van der Waals surface area contributed by atoms with Crippen LogP contribution in [0.15, 0.2) is 12.4 Å². The number of amides is 2. The zero-order valence-electron chi connectivity index (χ0n) is 19.0. The zero-order valence-corrected chi connectivity index (χ0v) is 19.0. The molecule has 2 heterocycles. The molecule has 30 heavy (non-hydrogen) atoms. The Labute approximate surface area is 181 Å². The third-order valence-corrected chi connectivity index (χ3v) is 6.58. The SMILES string of the molecule is CCn1cc(C(=O)N2CCCN(CC(C)C)C3(CCCCC3)CC(=O)NCC2)cn1. The first kappa shape index (κ1) is 22.8. The standard InChI is InChI=1S/C23H39N5O2/c1-4-28-18-20(16-25-28)22(30)26-12-8-13-27(17-19(2)3)23(9-6-5-7-10-23)15-21(29)24-11-14-26/h16,18-19H,4-15,17H2,1-3H3,(H,24,29). The second-order valence-corrected chi connectivity index (χ2v) is 9.38. The molecule has 0 atom stereocenters. The summed E-state index contributed by atoms with van der Waals surface area (Å²) in [5.74, 6) is 0.680. The van der Waals surface area contributed by atoms with E-state index in [1.54, 1.807) is 10.9 Å². The first-order valence-corrected chi connectivity index (χ1v) is 11.8. The number of rotatable bonds is 4. The maximum Gasteiger partial charge on any atom is 0.257 e. The van der Waals surface area contributed by atoms with Crippen LogP contribution in [0, 0.1) is 5.92 Å². The summed E-state index contributed by atoms with van der Waals surface area (Å²) in [5, 5.41) is 7.34. The fourth-order valence-corrected chi connectivity index (χ4v) is 5.07. The molecule has 168 valence electrons. The molecule has 1 aliphatic carbocycles. The van der Waals surface area contributed by atoms with E-state index in [0.29, 0.717) is 37.5 Å². The fraction of sp³-hybridized carbons (Fsp3) is 0.783. The van der Waals surface area contributed by atoms with Gasteiger partial charge in [0.25, 0.3) is 5.91 Å². The van der Waals surface area contributed by atoms with E-state index in [4.69, 9.17) is 0 Å². The van der Waals surface area contributed by atoms with Crippen LogP contribution in [0.25, 0.3) is 0 Å². The molecule has 2 fully saturated rings. The maximum absolute atomic E-state index is 13.1. The molecule has 3 rings (SSSR count). The number of hydrogen-bond donors (Lipinski definition) is 1. The maximum atomic E-state index is 13.1. The first-order chi connectivity index (χ1) is 14.4. The molecule has 2 aliphatic rings. The van der Waals surface area contributed by atoms with Crippen molar-refractivity contribution in [2.75, 3.05) is 32.7 Å².